The molecular weight excluding hydrogens is 157 g/mol. The summed E-state index contributed by atoms with van der Waals surface area (Å²) in [6.45, 7) is 0. The molecule has 0 saturated heterocycles. The summed E-state index contributed by atoms with van der Waals surface area (Å²) in [5.74, 6) is -0.975. The number of hydrogen-bond acceptors (Lipinski definition) is 2. The first-order chi connectivity index (χ1) is 5.77. The van der Waals surface area contributed by atoms with E-state index in [1.54, 1.807) is 18.3 Å². The van der Waals surface area contributed by atoms with Gasteiger partial charge in [0.15, 0.2) is 11.6 Å². The highest BCUT2D eigenvalue weighted by Gasteiger charge is 2.01. The van der Waals surface area contributed by atoms with E-state index in [2.05, 4.69) is 4.98 Å². The van der Waals surface area contributed by atoms with Crippen molar-refractivity contribution in [2.24, 2.45) is 0 Å². The normalized spacial score (nSPS) is 10.4. The van der Waals surface area contributed by atoms with Crippen molar-refractivity contribution in [1.82, 2.24) is 4.98 Å². The lowest BCUT2D eigenvalue weighted by Gasteiger charge is -1.97. The van der Waals surface area contributed by atoms with E-state index in [0.29, 0.717) is 5.52 Å². The van der Waals surface area contributed by atoms with Gasteiger partial charge >= 0.3 is 0 Å². The van der Waals surface area contributed by atoms with E-state index in [-0.39, 0.29) is 5.75 Å². The average molecular weight is 163 g/mol. The standard InChI is InChI=1S/C9H6FNO/c10-7-5-8-6(4-9(7)12)2-1-3-11-8/h1-5,12H. The second-order valence-electron chi connectivity index (χ2n) is 2.50. The molecule has 12 heavy (non-hydrogen) atoms. The second-order valence-corrected chi connectivity index (χ2v) is 2.50. The summed E-state index contributed by atoms with van der Waals surface area (Å²) in [5.41, 5.74) is 0.549. The van der Waals surface area contributed by atoms with Crippen molar-refractivity contribution in [3.05, 3.63) is 36.3 Å². The molecule has 1 heterocycles. The Kier molecular flexibility index (Phi) is 1.43. The predicted molar refractivity (Wildman–Crippen MR) is 43.4 cm³/mol. The number of halogens is 1. The molecule has 0 aliphatic heterocycles. The summed E-state index contributed by atoms with van der Waals surface area (Å²) in [6, 6.07) is 6.07. The highest BCUT2D eigenvalue weighted by molar-refractivity contribution is 5.79. The first-order valence-corrected chi connectivity index (χ1v) is 3.50. The minimum absolute atomic E-state index is 0.337. The number of nitrogens with zero attached hydrogens (tertiary/aromatic N) is 1. The molecule has 0 fully saturated rings. The van der Waals surface area contributed by atoms with Crippen LogP contribution in [0.3, 0.4) is 0 Å². The van der Waals surface area contributed by atoms with Crippen molar-refractivity contribution in [3.8, 4) is 5.75 Å². The molecule has 0 atom stereocenters. The molecular formula is C9H6FNO. The van der Waals surface area contributed by atoms with Crippen molar-refractivity contribution in [3.63, 3.8) is 0 Å². The minimum Gasteiger partial charge on any atom is -0.505 e. The van der Waals surface area contributed by atoms with Crippen LogP contribution >= 0.6 is 0 Å². The molecule has 2 nitrogen and oxygen atoms in total. The fourth-order valence-electron chi connectivity index (χ4n) is 1.08. The molecule has 2 rings (SSSR count). The summed E-state index contributed by atoms with van der Waals surface area (Å²) >= 11 is 0. The summed E-state index contributed by atoms with van der Waals surface area (Å²) < 4.78 is 12.8. The van der Waals surface area contributed by atoms with E-state index >= 15 is 0 Å². The summed E-state index contributed by atoms with van der Waals surface area (Å²) in [6.07, 6.45) is 1.58. The van der Waals surface area contributed by atoms with Crippen LogP contribution < -0.4 is 0 Å². The molecule has 0 aliphatic rings. The summed E-state index contributed by atoms with van der Waals surface area (Å²) in [4.78, 5) is 3.93. The number of hydrogen-bond donors (Lipinski definition) is 1. The Morgan fingerprint density at radius 1 is 1.33 bits per heavy atom. The number of aromatic nitrogens is 1. The fraction of sp³-hybridized carbons (Fsp3) is 0. The van der Waals surface area contributed by atoms with Gasteiger partial charge < -0.3 is 5.11 Å². The Bertz CT molecular complexity index is 387. The molecule has 60 valence electrons. The largest absolute Gasteiger partial charge is 0.505 e. The van der Waals surface area contributed by atoms with Crippen LogP contribution in [0.1, 0.15) is 0 Å². The molecule has 0 bridgehead atoms. The van der Waals surface area contributed by atoms with Crippen LogP contribution in [0.25, 0.3) is 10.9 Å². The quantitative estimate of drug-likeness (QED) is 0.645. The van der Waals surface area contributed by atoms with E-state index in [4.69, 9.17) is 5.11 Å². The van der Waals surface area contributed by atoms with Crippen molar-refractivity contribution >= 4 is 10.9 Å². The van der Waals surface area contributed by atoms with Crippen molar-refractivity contribution < 1.29 is 9.50 Å². The van der Waals surface area contributed by atoms with Crippen LogP contribution in [0, 0.1) is 5.82 Å². The maximum Gasteiger partial charge on any atom is 0.166 e. The number of fused-ring (bicyclic) bond motifs is 1. The van der Waals surface area contributed by atoms with E-state index in [1.807, 2.05) is 0 Å². The molecule has 0 saturated carbocycles. The first kappa shape index (κ1) is 7.03. The van der Waals surface area contributed by atoms with Gasteiger partial charge in [-0.3, -0.25) is 4.98 Å². The average Bonchev–Trinajstić information content (AvgIpc) is 2.07. The van der Waals surface area contributed by atoms with Gasteiger partial charge in [-0.1, -0.05) is 6.07 Å². The second kappa shape index (κ2) is 2.44. The van der Waals surface area contributed by atoms with E-state index < -0.39 is 5.82 Å². The predicted octanol–water partition coefficient (Wildman–Crippen LogP) is 2.08. The van der Waals surface area contributed by atoms with Crippen LogP contribution in [0.5, 0.6) is 5.75 Å². The Balaban J connectivity index is 2.84. The zero-order valence-electron chi connectivity index (χ0n) is 6.16. The maximum atomic E-state index is 12.8. The van der Waals surface area contributed by atoms with E-state index in [9.17, 15) is 4.39 Å². The van der Waals surface area contributed by atoms with Gasteiger partial charge in [-0.2, -0.15) is 0 Å². The first-order valence-electron chi connectivity index (χ1n) is 3.50. The number of pyridine rings is 1. The van der Waals surface area contributed by atoms with Crippen molar-refractivity contribution in [1.29, 1.82) is 0 Å². The SMILES string of the molecule is Oc1cc2cccnc2cc1F. The van der Waals surface area contributed by atoms with Gasteiger partial charge in [-0.15, -0.1) is 0 Å². The molecule has 1 N–H and O–H groups in total. The Morgan fingerprint density at radius 3 is 3.00 bits per heavy atom. The molecule has 0 amide bonds. The molecule has 0 unspecified atom stereocenters. The summed E-state index contributed by atoms with van der Waals surface area (Å²) in [5, 5.41) is 9.75. The number of benzene rings is 1. The Hall–Kier alpha value is -1.64. The molecule has 0 spiro atoms. The highest BCUT2D eigenvalue weighted by Crippen LogP contribution is 2.21. The Morgan fingerprint density at radius 2 is 2.17 bits per heavy atom. The smallest absolute Gasteiger partial charge is 0.166 e. The van der Waals surface area contributed by atoms with E-state index in [0.717, 1.165) is 5.39 Å². The molecule has 1 aromatic heterocycles. The molecule has 2 aromatic rings. The third-order valence-electron chi connectivity index (χ3n) is 1.67. The molecule has 0 aliphatic carbocycles. The number of rotatable bonds is 0. The monoisotopic (exact) mass is 163 g/mol. The van der Waals surface area contributed by atoms with Gasteiger partial charge in [-0.25, -0.2) is 4.39 Å². The van der Waals surface area contributed by atoms with Crippen LogP contribution in [0.15, 0.2) is 30.5 Å². The van der Waals surface area contributed by atoms with E-state index in [1.165, 1.54) is 12.1 Å². The fourth-order valence-corrected chi connectivity index (χ4v) is 1.08. The third-order valence-corrected chi connectivity index (χ3v) is 1.67. The topological polar surface area (TPSA) is 33.1 Å². The van der Waals surface area contributed by atoms with Gasteiger partial charge in [0, 0.05) is 17.6 Å². The lowest BCUT2D eigenvalue weighted by atomic mass is 10.2. The third kappa shape index (κ3) is 0.993. The van der Waals surface area contributed by atoms with Crippen molar-refractivity contribution in [2.45, 2.75) is 0 Å². The van der Waals surface area contributed by atoms with Crippen LogP contribution in [-0.4, -0.2) is 10.1 Å². The Labute approximate surface area is 68.3 Å². The van der Waals surface area contributed by atoms with Gasteiger partial charge in [0.2, 0.25) is 0 Å². The van der Waals surface area contributed by atoms with Gasteiger partial charge in [0.25, 0.3) is 0 Å². The van der Waals surface area contributed by atoms with Gasteiger partial charge in [-0.05, 0) is 12.1 Å². The molecule has 3 heteroatoms. The maximum absolute atomic E-state index is 12.8. The van der Waals surface area contributed by atoms with Crippen LogP contribution in [-0.2, 0) is 0 Å². The van der Waals surface area contributed by atoms with Crippen LogP contribution in [0.2, 0.25) is 0 Å². The summed E-state index contributed by atoms with van der Waals surface area (Å²) in [7, 11) is 0. The molecule has 1 aromatic carbocycles. The zero-order valence-corrected chi connectivity index (χ0v) is 6.16. The number of phenolic OH excluding ortho intramolecular Hbond substituents is 1. The van der Waals surface area contributed by atoms with Gasteiger partial charge in [0.1, 0.15) is 0 Å². The number of aromatic hydroxyl groups is 1. The number of phenols is 1. The highest BCUT2D eigenvalue weighted by atomic mass is 19.1. The lowest BCUT2D eigenvalue weighted by Crippen LogP contribution is -1.80. The van der Waals surface area contributed by atoms with Crippen LogP contribution in [0.4, 0.5) is 4.39 Å². The molecule has 0 radical (unpaired) electrons. The van der Waals surface area contributed by atoms with Gasteiger partial charge in [0.05, 0.1) is 5.52 Å². The van der Waals surface area contributed by atoms with Crippen molar-refractivity contribution in [2.75, 3.05) is 0 Å². The lowest BCUT2D eigenvalue weighted by molar-refractivity contribution is 0.433. The zero-order chi connectivity index (χ0) is 8.55. The minimum atomic E-state index is -0.638.